The lowest BCUT2D eigenvalue weighted by atomic mass is 9.95. The standard InChI is InChI=1S/C18H33N3O2/c1-3-10-19-18(23)15-8-12-20(13-9-15)14-17(22)21-11-6-5-7-16(21)4-2/h15-16H,3-14H2,1-2H3,(H,19,23). The second kappa shape index (κ2) is 9.26. The van der Waals surface area contributed by atoms with Gasteiger partial charge in [0.2, 0.25) is 11.8 Å². The Morgan fingerprint density at radius 2 is 1.78 bits per heavy atom. The zero-order valence-electron chi connectivity index (χ0n) is 14.9. The predicted molar refractivity (Wildman–Crippen MR) is 92.1 cm³/mol. The van der Waals surface area contributed by atoms with Gasteiger partial charge in [-0.15, -0.1) is 0 Å². The molecule has 2 rings (SSSR count). The van der Waals surface area contributed by atoms with Crippen LogP contribution in [-0.4, -0.2) is 60.4 Å². The lowest BCUT2D eigenvalue weighted by Gasteiger charge is -2.38. The highest BCUT2D eigenvalue weighted by Gasteiger charge is 2.29. The van der Waals surface area contributed by atoms with E-state index in [2.05, 4.69) is 29.0 Å². The summed E-state index contributed by atoms with van der Waals surface area (Å²) in [6.45, 7) is 8.19. The molecule has 1 atom stereocenters. The summed E-state index contributed by atoms with van der Waals surface area (Å²) in [6, 6.07) is 0.439. The fourth-order valence-electron chi connectivity index (χ4n) is 3.78. The van der Waals surface area contributed by atoms with Gasteiger partial charge >= 0.3 is 0 Å². The predicted octanol–water partition coefficient (Wildman–Crippen LogP) is 2.02. The third-order valence-electron chi connectivity index (χ3n) is 5.29. The summed E-state index contributed by atoms with van der Waals surface area (Å²) in [6.07, 6.45) is 7.34. The minimum absolute atomic E-state index is 0.131. The maximum atomic E-state index is 12.6. The molecule has 2 fully saturated rings. The van der Waals surface area contributed by atoms with Gasteiger partial charge in [-0.1, -0.05) is 13.8 Å². The van der Waals surface area contributed by atoms with Crippen molar-refractivity contribution in [3.63, 3.8) is 0 Å². The molecule has 0 aromatic rings. The molecule has 0 radical (unpaired) electrons. The number of amides is 2. The average Bonchev–Trinajstić information content (AvgIpc) is 2.60. The molecule has 1 unspecified atom stereocenters. The monoisotopic (exact) mass is 323 g/mol. The maximum Gasteiger partial charge on any atom is 0.236 e. The number of carbonyl (C=O) groups is 2. The quantitative estimate of drug-likeness (QED) is 0.813. The van der Waals surface area contributed by atoms with E-state index in [4.69, 9.17) is 0 Å². The fourth-order valence-corrected chi connectivity index (χ4v) is 3.78. The van der Waals surface area contributed by atoms with Gasteiger partial charge in [-0.05, 0) is 58.0 Å². The molecule has 2 heterocycles. The van der Waals surface area contributed by atoms with Crippen LogP contribution in [0.15, 0.2) is 0 Å². The van der Waals surface area contributed by atoms with E-state index >= 15 is 0 Å². The molecular formula is C18H33N3O2. The first kappa shape index (κ1) is 18.2. The Hall–Kier alpha value is -1.10. The molecule has 1 N–H and O–H groups in total. The highest BCUT2D eigenvalue weighted by atomic mass is 16.2. The lowest BCUT2D eigenvalue weighted by Crippen LogP contribution is -2.49. The first-order valence-corrected chi connectivity index (χ1v) is 9.45. The van der Waals surface area contributed by atoms with Crippen molar-refractivity contribution in [1.82, 2.24) is 15.1 Å². The lowest BCUT2D eigenvalue weighted by molar-refractivity contribution is -0.136. The number of nitrogens with zero attached hydrogens (tertiary/aromatic N) is 2. The first-order chi connectivity index (χ1) is 11.2. The summed E-state index contributed by atoms with van der Waals surface area (Å²) in [5.41, 5.74) is 0. The third-order valence-corrected chi connectivity index (χ3v) is 5.29. The van der Waals surface area contributed by atoms with Gasteiger partial charge in [0.25, 0.3) is 0 Å². The summed E-state index contributed by atoms with van der Waals surface area (Å²) in [4.78, 5) is 28.9. The van der Waals surface area contributed by atoms with Crippen LogP contribution in [0.2, 0.25) is 0 Å². The van der Waals surface area contributed by atoms with Gasteiger partial charge in [0, 0.05) is 25.0 Å². The van der Waals surface area contributed by atoms with Crippen LogP contribution >= 0.6 is 0 Å². The third kappa shape index (κ3) is 5.20. The average molecular weight is 323 g/mol. The van der Waals surface area contributed by atoms with E-state index in [1.165, 1.54) is 6.42 Å². The number of carbonyl (C=O) groups excluding carboxylic acids is 2. The van der Waals surface area contributed by atoms with Gasteiger partial charge in [0.1, 0.15) is 0 Å². The van der Waals surface area contributed by atoms with Gasteiger partial charge in [-0.3, -0.25) is 14.5 Å². The molecule has 5 heteroatoms. The first-order valence-electron chi connectivity index (χ1n) is 9.45. The van der Waals surface area contributed by atoms with E-state index in [1.807, 2.05) is 0 Å². The smallest absolute Gasteiger partial charge is 0.236 e. The molecule has 0 saturated carbocycles. The van der Waals surface area contributed by atoms with Crippen LogP contribution in [0.4, 0.5) is 0 Å². The summed E-state index contributed by atoms with van der Waals surface area (Å²) < 4.78 is 0. The number of piperidine rings is 2. The molecule has 2 aliphatic heterocycles. The van der Waals surface area contributed by atoms with Crippen LogP contribution < -0.4 is 5.32 Å². The molecule has 0 aromatic carbocycles. The van der Waals surface area contributed by atoms with E-state index in [0.717, 1.165) is 64.7 Å². The van der Waals surface area contributed by atoms with Gasteiger partial charge in [0.15, 0.2) is 0 Å². The zero-order valence-corrected chi connectivity index (χ0v) is 14.9. The van der Waals surface area contributed by atoms with E-state index in [9.17, 15) is 9.59 Å². The normalized spacial score (nSPS) is 23.7. The zero-order chi connectivity index (χ0) is 16.7. The Morgan fingerprint density at radius 3 is 2.43 bits per heavy atom. The van der Waals surface area contributed by atoms with Crippen LogP contribution in [0.25, 0.3) is 0 Å². The molecule has 0 aliphatic carbocycles. The molecule has 132 valence electrons. The van der Waals surface area contributed by atoms with Gasteiger partial charge < -0.3 is 10.2 Å². The van der Waals surface area contributed by atoms with Crippen LogP contribution in [0.3, 0.4) is 0 Å². The van der Waals surface area contributed by atoms with Gasteiger partial charge in [-0.25, -0.2) is 0 Å². The number of likely N-dealkylation sites (tertiary alicyclic amines) is 2. The van der Waals surface area contributed by atoms with Crippen LogP contribution in [0.1, 0.15) is 58.8 Å². The van der Waals surface area contributed by atoms with E-state index in [-0.39, 0.29) is 17.7 Å². The number of hydrogen-bond donors (Lipinski definition) is 1. The van der Waals surface area contributed by atoms with Crippen molar-refractivity contribution in [2.75, 3.05) is 32.7 Å². The molecule has 2 saturated heterocycles. The summed E-state index contributed by atoms with van der Waals surface area (Å²) in [5.74, 6) is 0.608. The van der Waals surface area contributed by atoms with Crippen LogP contribution in [0, 0.1) is 5.92 Å². The summed E-state index contributed by atoms with van der Waals surface area (Å²) >= 11 is 0. The highest BCUT2D eigenvalue weighted by Crippen LogP contribution is 2.21. The van der Waals surface area contributed by atoms with Gasteiger partial charge in [-0.2, -0.15) is 0 Å². The Labute approximate surface area is 140 Å². The molecule has 0 spiro atoms. The van der Waals surface area contributed by atoms with Crippen LogP contribution in [-0.2, 0) is 9.59 Å². The largest absolute Gasteiger partial charge is 0.356 e. The Kier molecular flexibility index (Phi) is 7.34. The van der Waals surface area contributed by atoms with Crippen molar-refractivity contribution in [2.24, 2.45) is 5.92 Å². The van der Waals surface area contributed by atoms with Crippen LogP contribution in [0.5, 0.6) is 0 Å². The molecule has 2 aliphatic rings. The molecule has 0 bridgehead atoms. The molecule has 2 amide bonds. The second-order valence-electron chi connectivity index (χ2n) is 6.99. The topological polar surface area (TPSA) is 52.7 Å². The van der Waals surface area contributed by atoms with E-state index in [1.54, 1.807) is 0 Å². The Bertz CT molecular complexity index is 392. The summed E-state index contributed by atoms with van der Waals surface area (Å²) in [5, 5.41) is 2.99. The van der Waals surface area contributed by atoms with Crippen molar-refractivity contribution in [2.45, 2.75) is 64.8 Å². The Balaban J connectivity index is 1.75. The van der Waals surface area contributed by atoms with Crippen molar-refractivity contribution in [3.8, 4) is 0 Å². The maximum absolute atomic E-state index is 12.6. The molecule has 23 heavy (non-hydrogen) atoms. The minimum Gasteiger partial charge on any atom is -0.356 e. The summed E-state index contributed by atoms with van der Waals surface area (Å²) in [7, 11) is 0. The van der Waals surface area contributed by atoms with Crippen molar-refractivity contribution >= 4 is 11.8 Å². The van der Waals surface area contributed by atoms with E-state index in [0.29, 0.717) is 12.6 Å². The van der Waals surface area contributed by atoms with E-state index < -0.39 is 0 Å². The SMILES string of the molecule is CCCNC(=O)C1CCN(CC(=O)N2CCCCC2CC)CC1. The van der Waals surface area contributed by atoms with Crippen molar-refractivity contribution in [1.29, 1.82) is 0 Å². The molecule has 5 nitrogen and oxygen atoms in total. The minimum atomic E-state index is 0.131. The Morgan fingerprint density at radius 1 is 1.04 bits per heavy atom. The fraction of sp³-hybridized carbons (Fsp3) is 0.889. The van der Waals surface area contributed by atoms with Crippen molar-refractivity contribution in [3.05, 3.63) is 0 Å². The number of hydrogen-bond acceptors (Lipinski definition) is 3. The van der Waals surface area contributed by atoms with Crippen molar-refractivity contribution < 1.29 is 9.59 Å². The molecule has 0 aromatic heterocycles. The number of rotatable bonds is 6. The highest BCUT2D eigenvalue weighted by molar-refractivity contribution is 5.79. The molecular weight excluding hydrogens is 290 g/mol. The second-order valence-corrected chi connectivity index (χ2v) is 6.99. The number of nitrogens with one attached hydrogen (secondary N) is 1. The van der Waals surface area contributed by atoms with Gasteiger partial charge in [0.05, 0.1) is 6.54 Å².